The van der Waals surface area contributed by atoms with Crippen LogP contribution in [0.2, 0.25) is 0 Å². The van der Waals surface area contributed by atoms with E-state index in [1.165, 1.54) is 31.2 Å². The highest BCUT2D eigenvalue weighted by molar-refractivity contribution is 5.81. The molecule has 0 aliphatic carbocycles. The Morgan fingerprint density at radius 1 is 1.06 bits per heavy atom. The number of hydrogen-bond acceptors (Lipinski definition) is 2. The summed E-state index contributed by atoms with van der Waals surface area (Å²) in [5.74, 6) is 0. The van der Waals surface area contributed by atoms with Gasteiger partial charge in [0, 0.05) is 0 Å². The van der Waals surface area contributed by atoms with Gasteiger partial charge in [0.15, 0.2) is 0 Å². The van der Waals surface area contributed by atoms with E-state index in [9.17, 15) is 0 Å². The minimum Gasteiger partial charge on any atom is -0.411 e. The molecular weight excluding hydrogens is 198 g/mol. The largest absolute Gasteiger partial charge is 0.411 e. The third kappa shape index (κ3) is 5.54. The van der Waals surface area contributed by atoms with Crippen LogP contribution in [0.5, 0.6) is 0 Å². The third-order valence-electron chi connectivity index (χ3n) is 2.77. The quantitative estimate of drug-likeness (QED) is 0.319. The molecule has 0 atom stereocenters. The molecule has 0 heterocycles. The number of rotatable bonds is 7. The summed E-state index contributed by atoms with van der Waals surface area (Å²) in [5, 5.41) is 11.6. The molecule has 0 saturated heterocycles. The Morgan fingerprint density at radius 2 is 1.75 bits per heavy atom. The summed E-state index contributed by atoms with van der Waals surface area (Å²) in [7, 11) is 0. The molecular formula is C14H21NO. The lowest BCUT2D eigenvalue weighted by atomic mass is 10.0. The van der Waals surface area contributed by atoms with Crippen molar-refractivity contribution >= 4 is 5.71 Å². The number of unbranched alkanes of at least 4 members (excludes halogenated alkanes) is 3. The van der Waals surface area contributed by atoms with E-state index in [1.807, 2.05) is 6.92 Å². The molecule has 0 aliphatic heterocycles. The van der Waals surface area contributed by atoms with Crippen molar-refractivity contribution < 1.29 is 5.21 Å². The zero-order valence-electron chi connectivity index (χ0n) is 10.0. The molecule has 88 valence electrons. The van der Waals surface area contributed by atoms with Gasteiger partial charge < -0.3 is 5.21 Å². The zero-order valence-corrected chi connectivity index (χ0v) is 10.0. The molecule has 0 unspecified atom stereocenters. The van der Waals surface area contributed by atoms with Gasteiger partial charge >= 0.3 is 0 Å². The topological polar surface area (TPSA) is 32.6 Å². The summed E-state index contributed by atoms with van der Waals surface area (Å²) in [6, 6.07) is 10.6. The molecule has 0 fully saturated rings. The molecule has 0 aromatic heterocycles. The Bertz CT molecular complexity index is 306. The highest BCUT2D eigenvalue weighted by Crippen LogP contribution is 2.09. The van der Waals surface area contributed by atoms with Crippen molar-refractivity contribution in [3.63, 3.8) is 0 Å². The molecule has 1 rings (SSSR count). The van der Waals surface area contributed by atoms with Crippen LogP contribution < -0.4 is 0 Å². The van der Waals surface area contributed by atoms with Crippen molar-refractivity contribution in [2.75, 3.05) is 0 Å². The van der Waals surface area contributed by atoms with E-state index in [1.54, 1.807) is 0 Å². The fraction of sp³-hybridized carbons (Fsp3) is 0.500. The van der Waals surface area contributed by atoms with Crippen molar-refractivity contribution in [3.8, 4) is 0 Å². The summed E-state index contributed by atoms with van der Waals surface area (Å²) < 4.78 is 0. The van der Waals surface area contributed by atoms with E-state index >= 15 is 0 Å². The maximum Gasteiger partial charge on any atom is 0.0540 e. The van der Waals surface area contributed by atoms with Gasteiger partial charge in [-0.3, -0.25) is 0 Å². The van der Waals surface area contributed by atoms with E-state index in [2.05, 4.69) is 35.5 Å². The first-order chi connectivity index (χ1) is 7.83. The zero-order chi connectivity index (χ0) is 11.6. The average molecular weight is 219 g/mol. The van der Waals surface area contributed by atoms with Crippen molar-refractivity contribution in [2.45, 2.75) is 45.4 Å². The van der Waals surface area contributed by atoms with Crippen LogP contribution in [0.25, 0.3) is 0 Å². The van der Waals surface area contributed by atoms with Gasteiger partial charge in [-0.05, 0) is 38.2 Å². The van der Waals surface area contributed by atoms with Crippen LogP contribution >= 0.6 is 0 Å². The summed E-state index contributed by atoms with van der Waals surface area (Å²) in [6.45, 7) is 1.87. The molecule has 0 saturated carbocycles. The summed E-state index contributed by atoms with van der Waals surface area (Å²) in [5.41, 5.74) is 2.26. The van der Waals surface area contributed by atoms with Crippen LogP contribution in [-0.4, -0.2) is 10.9 Å². The molecule has 0 radical (unpaired) electrons. The van der Waals surface area contributed by atoms with Gasteiger partial charge in [0.1, 0.15) is 0 Å². The number of oxime groups is 1. The molecule has 2 heteroatoms. The predicted octanol–water partition coefficient (Wildman–Crippen LogP) is 4.03. The van der Waals surface area contributed by atoms with Crippen LogP contribution in [0.15, 0.2) is 35.5 Å². The van der Waals surface area contributed by atoms with Crippen molar-refractivity contribution in [1.82, 2.24) is 0 Å². The molecule has 1 N–H and O–H groups in total. The van der Waals surface area contributed by atoms with E-state index in [-0.39, 0.29) is 0 Å². The second kappa shape index (κ2) is 7.91. The first-order valence-electron chi connectivity index (χ1n) is 6.04. The maximum atomic E-state index is 8.47. The van der Waals surface area contributed by atoms with Crippen LogP contribution in [0.4, 0.5) is 0 Å². The monoisotopic (exact) mass is 219 g/mol. The number of aryl methyl sites for hydroxylation is 1. The molecule has 16 heavy (non-hydrogen) atoms. The molecule has 0 spiro atoms. The Morgan fingerprint density at radius 3 is 2.44 bits per heavy atom. The first kappa shape index (κ1) is 12.8. The molecule has 1 aromatic carbocycles. The fourth-order valence-corrected chi connectivity index (χ4v) is 1.76. The molecule has 0 aliphatic rings. The third-order valence-corrected chi connectivity index (χ3v) is 2.77. The number of hydrogen-bond donors (Lipinski definition) is 1. The SMILES string of the molecule is C/C(CCCCCCc1ccccc1)=N\O. The van der Waals surface area contributed by atoms with Gasteiger partial charge in [0.2, 0.25) is 0 Å². The summed E-state index contributed by atoms with van der Waals surface area (Å²) >= 11 is 0. The molecule has 0 bridgehead atoms. The minimum atomic E-state index is 0.836. The standard InChI is InChI=1S/C14H21NO/c1-13(15-16)9-5-2-3-6-10-14-11-7-4-8-12-14/h4,7-8,11-12,16H,2-3,5-6,9-10H2,1H3/b15-13+. The Labute approximate surface area is 98.0 Å². The lowest BCUT2D eigenvalue weighted by molar-refractivity contribution is 0.317. The maximum absolute atomic E-state index is 8.47. The normalized spacial score (nSPS) is 11.7. The molecule has 1 aromatic rings. The van der Waals surface area contributed by atoms with Gasteiger partial charge in [-0.1, -0.05) is 48.3 Å². The van der Waals surface area contributed by atoms with E-state index in [4.69, 9.17) is 5.21 Å². The Balaban J connectivity index is 2.01. The number of benzene rings is 1. The van der Waals surface area contributed by atoms with Gasteiger partial charge in [0.05, 0.1) is 5.71 Å². The van der Waals surface area contributed by atoms with E-state index in [0.29, 0.717) is 0 Å². The van der Waals surface area contributed by atoms with Crippen molar-refractivity contribution in [2.24, 2.45) is 5.16 Å². The highest BCUT2D eigenvalue weighted by atomic mass is 16.4. The predicted molar refractivity (Wildman–Crippen MR) is 68.1 cm³/mol. The van der Waals surface area contributed by atoms with Crippen LogP contribution in [0.3, 0.4) is 0 Å². The van der Waals surface area contributed by atoms with E-state index in [0.717, 1.165) is 18.6 Å². The minimum absolute atomic E-state index is 0.836. The summed E-state index contributed by atoms with van der Waals surface area (Å²) in [6.07, 6.45) is 6.95. The lowest BCUT2D eigenvalue weighted by Crippen LogP contribution is -1.91. The highest BCUT2D eigenvalue weighted by Gasteiger charge is 1.95. The van der Waals surface area contributed by atoms with Gasteiger partial charge in [0.25, 0.3) is 0 Å². The Hall–Kier alpha value is -1.31. The smallest absolute Gasteiger partial charge is 0.0540 e. The summed E-state index contributed by atoms with van der Waals surface area (Å²) in [4.78, 5) is 0. The van der Waals surface area contributed by atoms with Crippen LogP contribution in [0.1, 0.15) is 44.6 Å². The number of nitrogens with zero attached hydrogens (tertiary/aromatic N) is 1. The first-order valence-corrected chi connectivity index (χ1v) is 6.04. The molecule has 0 amide bonds. The second-order valence-corrected chi connectivity index (χ2v) is 4.24. The van der Waals surface area contributed by atoms with Gasteiger partial charge in [-0.2, -0.15) is 0 Å². The average Bonchev–Trinajstić information content (AvgIpc) is 2.34. The lowest BCUT2D eigenvalue weighted by Gasteiger charge is -2.01. The van der Waals surface area contributed by atoms with Crippen LogP contribution in [0, 0.1) is 0 Å². The molecule has 2 nitrogen and oxygen atoms in total. The second-order valence-electron chi connectivity index (χ2n) is 4.24. The van der Waals surface area contributed by atoms with E-state index < -0.39 is 0 Å². The fourth-order valence-electron chi connectivity index (χ4n) is 1.76. The van der Waals surface area contributed by atoms with Gasteiger partial charge in [-0.25, -0.2) is 0 Å². The van der Waals surface area contributed by atoms with Crippen molar-refractivity contribution in [3.05, 3.63) is 35.9 Å². The van der Waals surface area contributed by atoms with Crippen molar-refractivity contribution in [1.29, 1.82) is 0 Å². The van der Waals surface area contributed by atoms with Gasteiger partial charge in [-0.15, -0.1) is 0 Å². The van der Waals surface area contributed by atoms with Crippen LogP contribution in [-0.2, 0) is 6.42 Å². The Kier molecular flexibility index (Phi) is 6.31.